The molecule has 2 amide bonds. The number of likely N-dealkylation sites (tertiary alicyclic amines) is 1. The summed E-state index contributed by atoms with van der Waals surface area (Å²) in [5.41, 5.74) is 6.22. The minimum Gasteiger partial charge on any atom is -0.378 e. The van der Waals surface area contributed by atoms with Crippen molar-refractivity contribution in [3.8, 4) is 0 Å². The largest absolute Gasteiger partial charge is 0.378 e. The fourth-order valence-electron chi connectivity index (χ4n) is 4.23. The number of ether oxygens (including phenoxy) is 1. The third-order valence-electron chi connectivity index (χ3n) is 6.45. The van der Waals surface area contributed by atoms with Crippen LogP contribution in [0.15, 0.2) is 18.3 Å². The summed E-state index contributed by atoms with van der Waals surface area (Å²) in [4.78, 5) is 31.9. The number of carbonyl (C=O) groups is 2. The van der Waals surface area contributed by atoms with Crippen molar-refractivity contribution in [1.82, 2.24) is 9.88 Å². The minimum absolute atomic E-state index is 0.0112. The Balaban J connectivity index is 1.63. The van der Waals surface area contributed by atoms with Crippen LogP contribution in [0.25, 0.3) is 0 Å². The molecule has 1 aliphatic heterocycles. The molecule has 154 valence electrons. The van der Waals surface area contributed by atoms with E-state index in [-0.39, 0.29) is 23.8 Å². The molecule has 3 N–H and O–H groups in total. The van der Waals surface area contributed by atoms with Gasteiger partial charge in [0.05, 0.1) is 12.0 Å². The van der Waals surface area contributed by atoms with E-state index in [4.69, 9.17) is 10.5 Å². The van der Waals surface area contributed by atoms with Crippen LogP contribution in [-0.4, -0.2) is 53.0 Å². The van der Waals surface area contributed by atoms with Crippen molar-refractivity contribution < 1.29 is 14.3 Å². The van der Waals surface area contributed by atoms with Crippen molar-refractivity contribution in [2.45, 2.75) is 58.6 Å². The van der Waals surface area contributed by atoms with Crippen LogP contribution in [0.3, 0.4) is 0 Å². The maximum atomic E-state index is 13.2. The van der Waals surface area contributed by atoms with Crippen LogP contribution in [0.2, 0.25) is 0 Å². The molecule has 3 atom stereocenters. The lowest BCUT2D eigenvalue weighted by Crippen LogP contribution is -2.76. The molecule has 3 unspecified atom stereocenters. The van der Waals surface area contributed by atoms with E-state index in [2.05, 4.69) is 10.3 Å². The first-order valence-electron chi connectivity index (χ1n) is 10.1. The molecule has 2 fully saturated rings. The highest BCUT2D eigenvalue weighted by molar-refractivity contribution is 5.93. The summed E-state index contributed by atoms with van der Waals surface area (Å²) in [5.74, 6) is 0.115. The van der Waals surface area contributed by atoms with E-state index < -0.39 is 11.0 Å². The SMILES string of the molecule is CCOC1CC(N)(C(=O)N2CCCC(C(=O)Nc3ccc(C)cn3)C2)C1(C)C. The van der Waals surface area contributed by atoms with Crippen LogP contribution in [0, 0.1) is 18.3 Å². The molecule has 0 aromatic carbocycles. The lowest BCUT2D eigenvalue weighted by Gasteiger charge is -2.59. The monoisotopic (exact) mass is 388 g/mol. The number of pyridine rings is 1. The van der Waals surface area contributed by atoms with Gasteiger partial charge in [0.1, 0.15) is 11.4 Å². The molecule has 2 heterocycles. The average Bonchev–Trinajstić information content (AvgIpc) is 2.69. The fourth-order valence-corrected chi connectivity index (χ4v) is 4.23. The number of nitrogens with zero attached hydrogens (tertiary/aromatic N) is 2. The van der Waals surface area contributed by atoms with Gasteiger partial charge in [0.2, 0.25) is 11.8 Å². The Morgan fingerprint density at radius 3 is 2.75 bits per heavy atom. The van der Waals surface area contributed by atoms with E-state index in [9.17, 15) is 9.59 Å². The molecule has 28 heavy (non-hydrogen) atoms. The molecule has 1 aromatic heterocycles. The highest BCUT2D eigenvalue weighted by Gasteiger charge is 2.63. The molecule has 7 nitrogen and oxygen atoms in total. The summed E-state index contributed by atoms with van der Waals surface area (Å²) in [5, 5.41) is 2.87. The van der Waals surface area contributed by atoms with Crippen LogP contribution in [0.5, 0.6) is 0 Å². The molecule has 0 radical (unpaired) electrons. The van der Waals surface area contributed by atoms with E-state index in [0.717, 1.165) is 18.4 Å². The Kier molecular flexibility index (Phi) is 5.77. The van der Waals surface area contributed by atoms with Gasteiger partial charge in [0, 0.05) is 37.7 Å². The van der Waals surface area contributed by atoms with Gasteiger partial charge >= 0.3 is 0 Å². The van der Waals surface area contributed by atoms with Gasteiger partial charge in [-0.2, -0.15) is 0 Å². The van der Waals surface area contributed by atoms with E-state index in [0.29, 0.717) is 31.9 Å². The van der Waals surface area contributed by atoms with Crippen LogP contribution in [0.1, 0.15) is 45.6 Å². The Morgan fingerprint density at radius 2 is 2.14 bits per heavy atom. The molecule has 1 saturated carbocycles. The van der Waals surface area contributed by atoms with E-state index in [1.165, 1.54) is 0 Å². The Bertz CT molecular complexity index is 734. The zero-order chi connectivity index (χ0) is 20.5. The van der Waals surface area contributed by atoms with Gasteiger partial charge in [-0.1, -0.05) is 19.9 Å². The highest BCUT2D eigenvalue weighted by Crippen LogP contribution is 2.50. The van der Waals surface area contributed by atoms with Crippen molar-refractivity contribution in [3.05, 3.63) is 23.9 Å². The fraction of sp³-hybridized carbons (Fsp3) is 0.667. The normalized spacial score (nSPS) is 29.1. The zero-order valence-corrected chi connectivity index (χ0v) is 17.3. The summed E-state index contributed by atoms with van der Waals surface area (Å²) in [6.07, 6.45) is 3.77. The van der Waals surface area contributed by atoms with E-state index >= 15 is 0 Å². The molecule has 1 saturated heterocycles. The number of rotatable bonds is 5. The quantitative estimate of drug-likeness (QED) is 0.805. The molecule has 0 spiro atoms. The number of aromatic nitrogens is 1. The summed E-state index contributed by atoms with van der Waals surface area (Å²) < 4.78 is 5.74. The number of piperidine rings is 1. The molecular formula is C21H32N4O3. The number of aryl methyl sites for hydroxylation is 1. The van der Waals surface area contributed by atoms with Gasteiger partial charge in [-0.05, 0) is 38.3 Å². The lowest BCUT2D eigenvalue weighted by atomic mass is 9.54. The van der Waals surface area contributed by atoms with Gasteiger partial charge in [-0.3, -0.25) is 9.59 Å². The highest BCUT2D eigenvalue weighted by atomic mass is 16.5. The van der Waals surface area contributed by atoms with Crippen molar-refractivity contribution >= 4 is 17.6 Å². The Morgan fingerprint density at radius 1 is 1.39 bits per heavy atom. The van der Waals surface area contributed by atoms with Crippen LogP contribution in [-0.2, 0) is 14.3 Å². The number of amides is 2. The lowest BCUT2D eigenvalue weighted by molar-refractivity contribution is -0.180. The number of carbonyl (C=O) groups excluding carboxylic acids is 2. The number of anilines is 1. The first-order chi connectivity index (χ1) is 13.2. The van der Waals surface area contributed by atoms with Gasteiger partial charge in [0.25, 0.3) is 0 Å². The second-order valence-electron chi connectivity index (χ2n) is 8.64. The Labute approximate surface area is 167 Å². The predicted molar refractivity (Wildman–Crippen MR) is 108 cm³/mol. The molecular weight excluding hydrogens is 356 g/mol. The molecule has 7 heteroatoms. The Hall–Kier alpha value is -1.99. The molecule has 1 aromatic rings. The number of nitrogens with one attached hydrogen (secondary N) is 1. The molecule has 2 aliphatic rings. The van der Waals surface area contributed by atoms with E-state index in [1.807, 2.05) is 33.8 Å². The van der Waals surface area contributed by atoms with Crippen LogP contribution < -0.4 is 11.1 Å². The third-order valence-corrected chi connectivity index (χ3v) is 6.45. The van der Waals surface area contributed by atoms with Crippen molar-refractivity contribution in [2.75, 3.05) is 25.0 Å². The van der Waals surface area contributed by atoms with Gasteiger partial charge < -0.3 is 20.7 Å². The topological polar surface area (TPSA) is 97.5 Å². The average molecular weight is 389 g/mol. The summed E-state index contributed by atoms with van der Waals surface area (Å²) in [7, 11) is 0. The second-order valence-corrected chi connectivity index (χ2v) is 8.64. The van der Waals surface area contributed by atoms with Gasteiger partial charge in [0.15, 0.2) is 0 Å². The minimum atomic E-state index is -0.941. The third kappa shape index (κ3) is 3.65. The molecule has 1 aliphatic carbocycles. The maximum Gasteiger partial charge on any atom is 0.243 e. The smallest absolute Gasteiger partial charge is 0.243 e. The number of nitrogens with two attached hydrogens (primary N) is 1. The summed E-state index contributed by atoms with van der Waals surface area (Å²) in [6, 6.07) is 3.70. The van der Waals surface area contributed by atoms with Gasteiger partial charge in [-0.15, -0.1) is 0 Å². The first kappa shape index (κ1) is 20.7. The van der Waals surface area contributed by atoms with Crippen LogP contribution in [0.4, 0.5) is 5.82 Å². The predicted octanol–water partition coefficient (Wildman–Crippen LogP) is 2.10. The standard InChI is InChI=1S/C21H32N4O3/c1-5-28-16-11-21(22,20(16,3)4)19(27)25-10-6-7-15(13-25)18(26)24-17-9-8-14(2)12-23-17/h8-9,12,15-16H,5-7,10-11,13,22H2,1-4H3,(H,23,24,26). The van der Waals surface area contributed by atoms with Crippen molar-refractivity contribution in [1.29, 1.82) is 0 Å². The molecule has 0 bridgehead atoms. The molecule has 3 rings (SSSR count). The van der Waals surface area contributed by atoms with Crippen molar-refractivity contribution in [3.63, 3.8) is 0 Å². The van der Waals surface area contributed by atoms with E-state index in [1.54, 1.807) is 17.2 Å². The first-order valence-corrected chi connectivity index (χ1v) is 10.1. The maximum absolute atomic E-state index is 13.2. The summed E-state index contributed by atoms with van der Waals surface area (Å²) in [6.45, 7) is 9.52. The zero-order valence-electron chi connectivity index (χ0n) is 17.3. The van der Waals surface area contributed by atoms with Crippen molar-refractivity contribution in [2.24, 2.45) is 17.1 Å². The number of hydrogen-bond donors (Lipinski definition) is 2. The van der Waals surface area contributed by atoms with Crippen LogP contribution >= 0.6 is 0 Å². The second kappa shape index (κ2) is 7.79. The summed E-state index contributed by atoms with van der Waals surface area (Å²) >= 11 is 0. The number of hydrogen-bond acceptors (Lipinski definition) is 5. The van der Waals surface area contributed by atoms with Gasteiger partial charge in [-0.25, -0.2) is 4.98 Å².